The van der Waals surface area contributed by atoms with Crippen molar-refractivity contribution in [1.29, 1.82) is 0 Å². The zero-order chi connectivity index (χ0) is 9.14. The molecule has 1 rings (SSSR count). The summed E-state index contributed by atoms with van der Waals surface area (Å²) >= 11 is 0. The molecule has 0 heterocycles. The van der Waals surface area contributed by atoms with Crippen LogP contribution in [-0.2, 0) is 9.59 Å². The van der Waals surface area contributed by atoms with Gasteiger partial charge in [-0.1, -0.05) is 6.42 Å². The first-order valence-corrected chi connectivity index (χ1v) is 3.96. The molecule has 2 atom stereocenters. The van der Waals surface area contributed by atoms with Gasteiger partial charge in [-0.15, -0.1) is 0 Å². The molecule has 1 aliphatic carbocycles. The van der Waals surface area contributed by atoms with Crippen LogP contribution in [0.2, 0.25) is 0 Å². The Balaban J connectivity index is 2.63. The normalized spacial score (nSPS) is 28.4. The fourth-order valence-electron chi connectivity index (χ4n) is 1.72. The van der Waals surface area contributed by atoms with Gasteiger partial charge in [-0.2, -0.15) is 0 Å². The van der Waals surface area contributed by atoms with Crippen LogP contribution in [0.1, 0.15) is 19.3 Å². The predicted molar refractivity (Wildman–Crippen MR) is 42.4 cm³/mol. The lowest BCUT2D eigenvalue weighted by Gasteiger charge is -2.13. The minimum absolute atomic E-state index is 0.281. The lowest BCUT2D eigenvalue weighted by molar-refractivity contribution is -0.132. The summed E-state index contributed by atoms with van der Waals surface area (Å²) in [4.78, 5) is 21.9. The Bertz CT molecular complexity index is 205. The number of nitrogens with two attached hydrogens (primary N) is 2. The number of carbonyl (C=O) groups excluding carboxylic acids is 2. The molecule has 0 aromatic heterocycles. The second-order valence-corrected chi connectivity index (χ2v) is 3.05. The Labute approximate surface area is 70.4 Å². The summed E-state index contributed by atoms with van der Waals surface area (Å²) in [6.45, 7) is 0. The monoisotopic (exact) mass is 171 g/mol. The number of primary amides is 1. The van der Waals surface area contributed by atoms with Gasteiger partial charge in [0.2, 0.25) is 11.8 Å². The number of hydrogen-bond donors (Lipinski definition) is 3. The van der Waals surface area contributed by atoms with Crippen LogP contribution < -0.4 is 17.0 Å². The molecule has 1 fully saturated rings. The van der Waals surface area contributed by atoms with Gasteiger partial charge in [0.05, 0.1) is 5.92 Å². The lowest BCUT2D eigenvalue weighted by Crippen LogP contribution is -2.40. The van der Waals surface area contributed by atoms with E-state index in [-0.39, 0.29) is 17.7 Å². The van der Waals surface area contributed by atoms with Crippen molar-refractivity contribution in [2.45, 2.75) is 19.3 Å². The van der Waals surface area contributed by atoms with Crippen LogP contribution in [0.15, 0.2) is 0 Å². The van der Waals surface area contributed by atoms with Gasteiger partial charge in [0.25, 0.3) is 0 Å². The van der Waals surface area contributed by atoms with Gasteiger partial charge in [-0.05, 0) is 12.8 Å². The first kappa shape index (κ1) is 8.99. The molecule has 0 aliphatic heterocycles. The van der Waals surface area contributed by atoms with Crippen LogP contribution >= 0.6 is 0 Å². The topological polar surface area (TPSA) is 98.2 Å². The molecule has 68 valence electrons. The highest BCUT2D eigenvalue weighted by Gasteiger charge is 2.35. The SMILES string of the molecule is NNC(=O)C1CCCC1C(N)=O. The summed E-state index contributed by atoms with van der Waals surface area (Å²) in [5.41, 5.74) is 7.17. The van der Waals surface area contributed by atoms with Crippen LogP contribution in [0.25, 0.3) is 0 Å². The molecule has 1 aliphatic rings. The zero-order valence-corrected chi connectivity index (χ0v) is 6.75. The van der Waals surface area contributed by atoms with E-state index in [1.165, 1.54) is 0 Å². The van der Waals surface area contributed by atoms with E-state index in [9.17, 15) is 9.59 Å². The van der Waals surface area contributed by atoms with Crippen molar-refractivity contribution >= 4 is 11.8 Å². The summed E-state index contributed by atoms with van der Waals surface area (Å²) in [6.07, 6.45) is 2.27. The third kappa shape index (κ3) is 1.55. The fourth-order valence-corrected chi connectivity index (χ4v) is 1.72. The molecule has 2 unspecified atom stereocenters. The van der Waals surface area contributed by atoms with Gasteiger partial charge in [0.1, 0.15) is 0 Å². The molecule has 12 heavy (non-hydrogen) atoms. The standard InChI is InChI=1S/C7H13N3O2/c8-6(11)4-2-1-3-5(4)7(12)10-9/h4-5H,1-3,9H2,(H2,8,11)(H,10,12). The van der Waals surface area contributed by atoms with Crippen molar-refractivity contribution in [2.75, 3.05) is 0 Å². The average molecular weight is 171 g/mol. The molecule has 0 bridgehead atoms. The molecule has 5 nitrogen and oxygen atoms in total. The van der Waals surface area contributed by atoms with Crippen LogP contribution in [-0.4, -0.2) is 11.8 Å². The third-order valence-electron chi connectivity index (χ3n) is 2.36. The van der Waals surface area contributed by atoms with Gasteiger partial charge in [-0.25, -0.2) is 5.84 Å². The van der Waals surface area contributed by atoms with Gasteiger partial charge in [-0.3, -0.25) is 15.0 Å². The maximum Gasteiger partial charge on any atom is 0.237 e. The summed E-state index contributed by atoms with van der Waals surface area (Å²) in [5.74, 6) is 3.64. The van der Waals surface area contributed by atoms with Crippen molar-refractivity contribution < 1.29 is 9.59 Å². The maximum atomic E-state index is 11.1. The van der Waals surface area contributed by atoms with Crippen LogP contribution in [0, 0.1) is 11.8 Å². The zero-order valence-electron chi connectivity index (χ0n) is 6.75. The van der Waals surface area contributed by atoms with Gasteiger partial charge in [0, 0.05) is 5.92 Å². The predicted octanol–water partition coefficient (Wildman–Crippen LogP) is -1.12. The Morgan fingerprint density at radius 3 is 2.33 bits per heavy atom. The van der Waals surface area contributed by atoms with Crippen molar-refractivity contribution in [2.24, 2.45) is 23.4 Å². The Morgan fingerprint density at radius 2 is 1.83 bits per heavy atom. The van der Waals surface area contributed by atoms with E-state index in [1.54, 1.807) is 0 Å². The van der Waals surface area contributed by atoms with E-state index in [0.29, 0.717) is 12.8 Å². The van der Waals surface area contributed by atoms with E-state index in [1.807, 2.05) is 5.43 Å². The lowest BCUT2D eigenvalue weighted by atomic mass is 9.95. The number of hydrogen-bond acceptors (Lipinski definition) is 3. The highest BCUT2D eigenvalue weighted by Crippen LogP contribution is 2.31. The van der Waals surface area contributed by atoms with E-state index in [0.717, 1.165) is 6.42 Å². The van der Waals surface area contributed by atoms with Crippen molar-refractivity contribution in [1.82, 2.24) is 5.43 Å². The van der Waals surface area contributed by atoms with E-state index < -0.39 is 5.91 Å². The minimum Gasteiger partial charge on any atom is -0.369 e. The summed E-state index contributed by atoms with van der Waals surface area (Å²) < 4.78 is 0. The highest BCUT2D eigenvalue weighted by atomic mass is 16.2. The molecule has 0 spiro atoms. The maximum absolute atomic E-state index is 11.1. The fraction of sp³-hybridized carbons (Fsp3) is 0.714. The van der Waals surface area contributed by atoms with Crippen molar-refractivity contribution in [3.05, 3.63) is 0 Å². The van der Waals surface area contributed by atoms with Crippen LogP contribution in [0.5, 0.6) is 0 Å². The van der Waals surface area contributed by atoms with Crippen molar-refractivity contribution in [3.63, 3.8) is 0 Å². The molecule has 1 saturated carbocycles. The summed E-state index contributed by atoms with van der Waals surface area (Å²) in [5, 5.41) is 0. The summed E-state index contributed by atoms with van der Waals surface area (Å²) in [6, 6.07) is 0. The molecule has 5 N–H and O–H groups in total. The van der Waals surface area contributed by atoms with Gasteiger partial charge in [0.15, 0.2) is 0 Å². The number of amides is 2. The van der Waals surface area contributed by atoms with Crippen LogP contribution in [0.3, 0.4) is 0 Å². The summed E-state index contributed by atoms with van der Waals surface area (Å²) in [7, 11) is 0. The smallest absolute Gasteiger partial charge is 0.237 e. The van der Waals surface area contributed by atoms with E-state index in [4.69, 9.17) is 11.6 Å². The number of rotatable bonds is 2. The van der Waals surface area contributed by atoms with E-state index >= 15 is 0 Å². The Hall–Kier alpha value is -1.10. The Kier molecular flexibility index (Phi) is 2.65. The quantitative estimate of drug-likeness (QED) is 0.279. The Morgan fingerprint density at radius 1 is 1.25 bits per heavy atom. The molecule has 5 heteroatoms. The van der Waals surface area contributed by atoms with Gasteiger partial charge >= 0.3 is 0 Å². The molecular formula is C7H13N3O2. The molecule has 0 aromatic carbocycles. The molecule has 0 saturated heterocycles. The molecular weight excluding hydrogens is 158 g/mol. The van der Waals surface area contributed by atoms with E-state index in [2.05, 4.69) is 0 Å². The number of carbonyl (C=O) groups is 2. The first-order chi connectivity index (χ1) is 5.66. The first-order valence-electron chi connectivity index (χ1n) is 3.96. The highest BCUT2D eigenvalue weighted by molar-refractivity contribution is 5.87. The second kappa shape index (κ2) is 3.53. The number of nitrogens with one attached hydrogen (secondary N) is 1. The third-order valence-corrected chi connectivity index (χ3v) is 2.36. The van der Waals surface area contributed by atoms with Crippen LogP contribution in [0.4, 0.5) is 0 Å². The van der Waals surface area contributed by atoms with Gasteiger partial charge < -0.3 is 5.73 Å². The number of hydrazine groups is 1. The minimum atomic E-state index is -0.402. The molecule has 0 aromatic rings. The largest absolute Gasteiger partial charge is 0.369 e. The molecule has 2 amide bonds. The van der Waals surface area contributed by atoms with Crippen molar-refractivity contribution in [3.8, 4) is 0 Å². The second-order valence-electron chi connectivity index (χ2n) is 3.05. The molecule has 0 radical (unpaired) electrons. The average Bonchev–Trinajstić information content (AvgIpc) is 2.50.